The van der Waals surface area contributed by atoms with Crippen molar-refractivity contribution in [3.8, 4) is 6.07 Å². The van der Waals surface area contributed by atoms with Crippen molar-refractivity contribution in [2.45, 2.75) is 12.5 Å². The van der Waals surface area contributed by atoms with Crippen molar-refractivity contribution in [1.29, 1.82) is 5.26 Å². The van der Waals surface area contributed by atoms with Gasteiger partial charge in [0.05, 0.1) is 11.6 Å². The summed E-state index contributed by atoms with van der Waals surface area (Å²) in [4.78, 5) is 13.5. The molecule has 1 N–H and O–H groups in total. The number of likely N-dealkylation sites (N-methyl/N-ethyl adjacent to an activating group) is 1. The fourth-order valence-corrected chi connectivity index (χ4v) is 1.97. The first-order valence-corrected chi connectivity index (χ1v) is 5.35. The number of amides is 1. The van der Waals surface area contributed by atoms with Crippen LogP contribution < -0.4 is 10.2 Å². The van der Waals surface area contributed by atoms with Crippen LogP contribution in [0.5, 0.6) is 0 Å². The second kappa shape index (κ2) is 4.52. The molecule has 1 unspecified atom stereocenters. The molecule has 0 radical (unpaired) electrons. The van der Waals surface area contributed by atoms with E-state index in [1.165, 1.54) is 18.2 Å². The maximum Gasteiger partial charge on any atom is 0.244 e. The number of hydrogen-bond acceptors (Lipinski definition) is 3. The van der Waals surface area contributed by atoms with Crippen molar-refractivity contribution < 1.29 is 9.18 Å². The Morgan fingerprint density at radius 2 is 2.35 bits per heavy atom. The average molecular weight is 233 g/mol. The Morgan fingerprint density at radius 3 is 2.94 bits per heavy atom. The van der Waals surface area contributed by atoms with E-state index in [2.05, 4.69) is 5.32 Å². The molecule has 0 aliphatic carbocycles. The lowest BCUT2D eigenvalue weighted by molar-refractivity contribution is -0.118. The molecule has 1 heterocycles. The van der Waals surface area contributed by atoms with Gasteiger partial charge in [-0.3, -0.25) is 4.79 Å². The molecule has 1 aliphatic heterocycles. The molecule has 1 amide bonds. The Balaban J connectivity index is 2.30. The number of carbonyl (C=O) groups is 1. The van der Waals surface area contributed by atoms with Gasteiger partial charge in [-0.15, -0.1) is 0 Å². The number of benzene rings is 1. The lowest BCUT2D eigenvalue weighted by atomic mass is 10.2. The number of rotatable bonds is 2. The number of nitriles is 1. The molecule has 1 aliphatic rings. The largest absolute Gasteiger partial charge is 0.311 e. The van der Waals surface area contributed by atoms with Gasteiger partial charge in [0.15, 0.2) is 0 Å². The minimum absolute atomic E-state index is 0.0387. The highest BCUT2D eigenvalue weighted by Gasteiger charge is 2.31. The molecule has 88 valence electrons. The molecule has 17 heavy (non-hydrogen) atoms. The first-order valence-electron chi connectivity index (χ1n) is 5.35. The van der Waals surface area contributed by atoms with Crippen LogP contribution in [0.2, 0.25) is 0 Å². The lowest BCUT2D eigenvalue weighted by Crippen LogP contribution is -2.36. The van der Waals surface area contributed by atoms with E-state index in [0.717, 1.165) is 0 Å². The highest BCUT2D eigenvalue weighted by molar-refractivity contribution is 5.99. The van der Waals surface area contributed by atoms with Crippen LogP contribution in [0.3, 0.4) is 0 Å². The van der Waals surface area contributed by atoms with Gasteiger partial charge in [0.2, 0.25) is 5.91 Å². The molecule has 1 saturated heterocycles. The molecule has 0 bridgehead atoms. The molecule has 1 aromatic carbocycles. The SMILES string of the molecule is CNC1CCN(c2ccc(F)c(C#N)c2)C1=O. The monoisotopic (exact) mass is 233 g/mol. The van der Waals surface area contributed by atoms with E-state index in [1.807, 2.05) is 0 Å². The first-order chi connectivity index (χ1) is 8.17. The van der Waals surface area contributed by atoms with Crippen LogP contribution in [0.25, 0.3) is 0 Å². The number of halogens is 1. The van der Waals surface area contributed by atoms with Crippen molar-refractivity contribution in [3.63, 3.8) is 0 Å². The summed E-state index contributed by atoms with van der Waals surface area (Å²) in [5.74, 6) is -0.601. The topological polar surface area (TPSA) is 56.1 Å². The summed E-state index contributed by atoms with van der Waals surface area (Å²) in [6.07, 6.45) is 0.717. The van der Waals surface area contributed by atoms with Gasteiger partial charge < -0.3 is 10.2 Å². The normalized spacial score (nSPS) is 19.5. The second-order valence-electron chi connectivity index (χ2n) is 3.90. The van der Waals surface area contributed by atoms with Gasteiger partial charge in [0.1, 0.15) is 11.9 Å². The van der Waals surface area contributed by atoms with Gasteiger partial charge in [-0.05, 0) is 31.7 Å². The fraction of sp³-hybridized carbons (Fsp3) is 0.333. The summed E-state index contributed by atoms with van der Waals surface area (Å²) in [5.41, 5.74) is 0.536. The van der Waals surface area contributed by atoms with Gasteiger partial charge in [-0.2, -0.15) is 5.26 Å². The molecule has 1 fully saturated rings. The van der Waals surface area contributed by atoms with Gasteiger partial charge in [0.25, 0.3) is 0 Å². The third-order valence-corrected chi connectivity index (χ3v) is 2.94. The van der Waals surface area contributed by atoms with Gasteiger partial charge in [0, 0.05) is 12.2 Å². The average Bonchev–Trinajstić information content (AvgIpc) is 2.71. The van der Waals surface area contributed by atoms with Crippen molar-refractivity contribution in [3.05, 3.63) is 29.6 Å². The molecule has 0 spiro atoms. The standard InChI is InChI=1S/C12H12FN3O/c1-15-11-4-5-16(12(11)17)9-2-3-10(13)8(6-9)7-14/h2-3,6,11,15H,4-5H2,1H3. The highest BCUT2D eigenvalue weighted by Crippen LogP contribution is 2.23. The number of hydrogen-bond donors (Lipinski definition) is 1. The lowest BCUT2D eigenvalue weighted by Gasteiger charge is -2.16. The summed E-state index contributed by atoms with van der Waals surface area (Å²) in [6.45, 7) is 0.584. The van der Waals surface area contributed by atoms with Crippen LogP contribution >= 0.6 is 0 Å². The van der Waals surface area contributed by atoms with Crippen LogP contribution in [-0.4, -0.2) is 25.5 Å². The van der Waals surface area contributed by atoms with Crippen LogP contribution in [0, 0.1) is 17.1 Å². The molecule has 1 atom stereocenters. The summed E-state index contributed by atoms with van der Waals surface area (Å²) in [5, 5.41) is 11.7. The third kappa shape index (κ3) is 1.99. The van der Waals surface area contributed by atoms with Crippen molar-refractivity contribution in [1.82, 2.24) is 5.32 Å². The minimum atomic E-state index is -0.562. The summed E-state index contributed by atoms with van der Waals surface area (Å²) in [6, 6.07) is 5.73. The molecule has 1 aromatic rings. The van der Waals surface area contributed by atoms with Gasteiger partial charge in [-0.25, -0.2) is 4.39 Å². The van der Waals surface area contributed by atoms with E-state index in [-0.39, 0.29) is 17.5 Å². The number of anilines is 1. The van der Waals surface area contributed by atoms with Gasteiger partial charge in [-0.1, -0.05) is 0 Å². The number of nitrogens with zero attached hydrogens (tertiary/aromatic N) is 2. The van der Waals surface area contributed by atoms with Crippen LogP contribution in [0.15, 0.2) is 18.2 Å². The van der Waals surface area contributed by atoms with Crippen LogP contribution in [-0.2, 0) is 4.79 Å². The van der Waals surface area contributed by atoms with Crippen LogP contribution in [0.1, 0.15) is 12.0 Å². The van der Waals surface area contributed by atoms with E-state index < -0.39 is 5.82 Å². The maximum absolute atomic E-state index is 13.2. The van der Waals surface area contributed by atoms with Crippen LogP contribution in [0.4, 0.5) is 10.1 Å². The second-order valence-corrected chi connectivity index (χ2v) is 3.90. The molecule has 2 rings (SSSR count). The summed E-state index contributed by atoms with van der Waals surface area (Å²) >= 11 is 0. The fourth-order valence-electron chi connectivity index (χ4n) is 1.97. The smallest absolute Gasteiger partial charge is 0.244 e. The molecule has 0 aromatic heterocycles. The molecule has 5 heteroatoms. The third-order valence-electron chi connectivity index (χ3n) is 2.94. The zero-order valence-electron chi connectivity index (χ0n) is 9.40. The Hall–Kier alpha value is -1.93. The maximum atomic E-state index is 13.2. The predicted molar refractivity (Wildman–Crippen MR) is 60.9 cm³/mol. The van der Waals surface area contributed by atoms with E-state index in [1.54, 1.807) is 18.0 Å². The van der Waals surface area contributed by atoms with E-state index >= 15 is 0 Å². The van der Waals surface area contributed by atoms with Crippen molar-refractivity contribution in [2.75, 3.05) is 18.5 Å². The quantitative estimate of drug-likeness (QED) is 0.829. The van der Waals surface area contributed by atoms with Gasteiger partial charge >= 0.3 is 0 Å². The number of carbonyl (C=O) groups excluding carboxylic acids is 1. The number of nitrogens with one attached hydrogen (secondary N) is 1. The Kier molecular flexibility index (Phi) is 3.07. The van der Waals surface area contributed by atoms with Crippen molar-refractivity contribution in [2.24, 2.45) is 0 Å². The first kappa shape index (κ1) is 11.6. The Labute approximate surface area is 98.6 Å². The minimum Gasteiger partial charge on any atom is -0.311 e. The van der Waals surface area contributed by atoms with E-state index in [9.17, 15) is 9.18 Å². The molecular formula is C12H12FN3O. The molecule has 4 nitrogen and oxygen atoms in total. The summed E-state index contributed by atoms with van der Waals surface area (Å²) < 4.78 is 13.2. The molecular weight excluding hydrogens is 221 g/mol. The predicted octanol–water partition coefficient (Wildman–Crippen LogP) is 1.02. The molecule has 0 saturated carbocycles. The Bertz CT molecular complexity index is 495. The highest BCUT2D eigenvalue weighted by atomic mass is 19.1. The summed E-state index contributed by atoms with van der Waals surface area (Å²) in [7, 11) is 1.73. The Morgan fingerprint density at radius 1 is 1.59 bits per heavy atom. The zero-order chi connectivity index (χ0) is 12.4. The van der Waals surface area contributed by atoms with E-state index in [4.69, 9.17) is 5.26 Å². The van der Waals surface area contributed by atoms with E-state index in [0.29, 0.717) is 18.7 Å². The zero-order valence-corrected chi connectivity index (χ0v) is 9.40. The van der Waals surface area contributed by atoms with Crippen molar-refractivity contribution >= 4 is 11.6 Å².